The highest BCUT2D eigenvalue weighted by atomic mass is 35.5. The van der Waals surface area contributed by atoms with Crippen LogP contribution in [0.4, 0.5) is 5.82 Å². The second kappa shape index (κ2) is 6.28. The number of ether oxygens (including phenoxy) is 2. The molecule has 7 heteroatoms. The number of aryl methyl sites for hydroxylation is 1. The number of aliphatic hydroxyl groups is 1. The van der Waals surface area contributed by atoms with E-state index >= 15 is 0 Å². The summed E-state index contributed by atoms with van der Waals surface area (Å²) in [5, 5.41) is 10.1. The van der Waals surface area contributed by atoms with E-state index in [0.717, 1.165) is 43.6 Å². The van der Waals surface area contributed by atoms with Gasteiger partial charge in [-0.3, -0.25) is 0 Å². The van der Waals surface area contributed by atoms with Crippen LogP contribution in [0, 0.1) is 0 Å². The number of aliphatic hydroxyl groups excluding tert-OH is 1. The molecule has 1 unspecified atom stereocenters. The van der Waals surface area contributed by atoms with Gasteiger partial charge in [0.25, 0.3) is 0 Å². The molecule has 6 nitrogen and oxygen atoms in total. The third-order valence-corrected chi connectivity index (χ3v) is 5.00. The van der Waals surface area contributed by atoms with Crippen LogP contribution < -0.4 is 4.90 Å². The normalized spacial score (nSPS) is 31.6. The van der Waals surface area contributed by atoms with Crippen LogP contribution in [-0.2, 0) is 15.9 Å². The van der Waals surface area contributed by atoms with E-state index in [2.05, 4.69) is 14.9 Å². The molecule has 22 heavy (non-hydrogen) atoms. The summed E-state index contributed by atoms with van der Waals surface area (Å²) in [5.74, 6) is 0.184. The molecule has 1 aliphatic carbocycles. The van der Waals surface area contributed by atoms with E-state index in [1.165, 1.54) is 0 Å². The van der Waals surface area contributed by atoms with Gasteiger partial charge < -0.3 is 19.5 Å². The number of rotatable bonds is 3. The first-order chi connectivity index (χ1) is 10.5. The van der Waals surface area contributed by atoms with Crippen molar-refractivity contribution >= 4 is 17.4 Å². The third kappa shape index (κ3) is 2.93. The topological polar surface area (TPSA) is 67.7 Å². The number of aromatic nitrogens is 2. The van der Waals surface area contributed by atoms with Gasteiger partial charge in [0.2, 0.25) is 0 Å². The molecule has 0 radical (unpaired) electrons. The molecule has 1 atom stereocenters. The Kier molecular flexibility index (Phi) is 4.54. The Labute approximate surface area is 135 Å². The average Bonchev–Trinajstić information content (AvgIpc) is 2.88. The van der Waals surface area contributed by atoms with Crippen molar-refractivity contribution in [2.24, 2.45) is 0 Å². The highest BCUT2D eigenvalue weighted by Crippen LogP contribution is 2.40. The van der Waals surface area contributed by atoms with Crippen molar-refractivity contribution in [2.75, 3.05) is 18.6 Å². The molecule has 122 valence electrons. The Hall–Kier alpha value is -0.950. The average molecular weight is 328 g/mol. The quantitative estimate of drug-likeness (QED) is 0.917. The lowest BCUT2D eigenvalue weighted by Crippen LogP contribution is -2.43. The van der Waals surface area contributed by atoms with E-state index in [4.69, 9.17) is 21.1 Å². The van der Waals surface area contributed by atoms with Crippen LogP contribution in [-0.4, -0.2) is 46.8 Å². The fourth-order valence-corrected chi connectivity index (χ4v) is 3.66. The lowest BCUT2D eigenvalue weighted by Gasteiger charge is -2.39. The molecule has 0 amide bonds. The van der Waals surface area contributed by atoms with E-state index < -0.39 is 12.1 Å². The number of halogens is 1. The standard InChI is InChI=1S/C15H22ClN3O3/c1-3-11-13(16)14(18-9-17-11)19(2)10-4-6-15(7-5-10)21-8-12(20)22-15/h9-10,12,20H,3-8H2,1-2H3. The summed E-state index contributed by atoms with van der Waals surface area (Å²) in [4.78, 5) is 10.7. The summed E-state index contributed by atoms with van der Waals surface area (Å²) in [6.45, 7) is 2.29. The first-order valence-electron chi connectivity index (χ1n) is 7.76. The minimum atomic E-state index is -0.794. The van der Waals surface area contributed by atoms with E-state index in [0.29, 0.717) is 11.1 Å². The molecule has 2 heterocycles. The van der Waals surface area contributed by atoms with Crippen molar-refractivity contribution in [3.8, 4) is 0 Å². The SMILES string of the molecule is CCc1ncnc(N(C)C2CCC3(CC2)OCC(O)O3)c1Cl. The van der Waals surface area contributed by atoms with Crippen LogP contribution in [0.25, 0.3) is 0 Å². The summed E-state index contributed by atoms with van der Waals surface area (Å²) in [6.07, 6.45) is 4.91. The van der Waals surface area contributed by atoms with Gasteiger partial charge in [0, 0.05) is 25.9 Å². The summed E-state index contributed by atoms with van der Waals surface area (Å²) < 4.78 is 11.2. The molecule has 1 saturated carbocycles. The minimum absolute atomic E-state index is 0.262. The van der Waals surface area contributed by atoms with Crippen molar-refractivity contribution in [3.63, 3.8) is 0 Å². The lowest BCUT2D eigenvalue weighted by atomic mass is 9.89. The fraction of sp³-hybridized carbons (Fsp3) is 0.733. The molecule has 2 aliphatic rings. The van der Waals surface area contributed by atoms with Gasteiger partial charge >= 0.3 is 0 Å². The molecule has 2 fully saturated rings. The Balaban J connectivity index is 1.69. The smallest absolute Gasteiger partial charge is 0.181 e. The van der Waals surface area contributed by atoms with Crippen LogP contribution >= 0.6 is 11.6 Å². The molecular formula is C15H22ClN3O3. The van der Waals surface area contributed by atoms with E-state index in [1.54, 1.807) is 6.33 Å². The zero-order valence-corrected chi connectivity index (χ0v) is 13.7. The van der Waals surface area contributed by atoms with Gasteiger partial charge in [-0.25, -0.2) is 9.97 Å². The Bertz CT molecular complexity index is 535. The number of anilines is 1. The van der Waals surface area contributed by atoms with Crippen LogP contribution in [0.5, 0.6) is 0 Å². The maximum Gasteiger partial charge on any atom is 0.181 e. The molecule has 1 N–H and O–H groups in total. The second-order valence-corrected chi connectivity index (χ2v) is 6.33. The molecule has 0 bridgehead atoms. The summed E-state index contributed by atoms with van der Waals surface area (Å²) in [5.41, 5.74) is 0.872. The predicted octanol–water partition coefficient (Wildman–Crippen LogP) is 2.13. The number of hydrogen-bond donors (Lipinski definition) is 1. The molecule has 1 aliphatic heterocycles. The van der Waals surface area contributed by atoms with Crippen molar-refractivity contribution in [1.29, 1.82) is 0 Å². The minimum Gasteiger partial charge on any atom is -0.366 e. The summed E-state index contributed by atoms with van der Waals surface area (Å²) in [6, 6.07) is 0.327. The zero-order chi connectivity index (χ0) is 15.7. The van der Waals surface area contributed by atoms with Crippen molar-refractivity contribution < 1.29 is 14.6 Å². The molecule has 3 rings (SSSR count). The Morgan fingerprint density at radius 3 is 2.73 bits per heavy atom. The molecule has 1 aromatic heterocycles. The van der Waals surface area contributed by atoms with Crippen LogP contribution in [0.1, 0.15) is 38.3 Å². The van der Waals surface area contributed by atoms with Crippen molar-refractivity contribution in [1.82, 2.24) is 9.97 Å². The van der Waals surface area contributed by atoms with E-state index in [1.807, 2.05) is 14.0 Å². The first kappa shape index (κ1) is 15.9. The Morgan fingerprint density at radius 2 is 2.14 bits per heavy atom. The Morgan fingerprint density at radius 1 is 1.41 bits per heavy atom. The van der Waals surface area contributed by atoms with Crippen LogP contribution in [0.2, 0.25) is 5.02 Å². The van der Waals surface area contributed by atoms with Crippen LogP contribution in [0.15, 0.2) is 6.33 Å². The lowest BCUT2D eigenvalue weighted by molar-refractivity contribution is -0.214. The van der Waals surface area contributed by atoms with Gasteiger partial charge in [-0.1, -0.05) is 18.5 Å². The highest BCUT2D eigenvalue weighted by Gasteiger charge is 2.44. The molecule has 0 aromatic carbocycles. The maximum atomic E-state index is 9.50. The van der Waals surface area contributed by atoms with Crippen molar-refractivity contribution in [2.45, 2.75) is 57.1 Å². The largest absolute Gasteiger partial charge is 0.366 e. The van der Waals surface area contributed by atoms with Gasteiger partial charge in [-0.15, -0.1) is 0 Å². The number of hydrogen-bond acceptors (Lipinski definition) is 6. The third-order valence-electron chi connectivity index (χ3n) is 4.62. The van der Waals surface area contributed by atoms with E-state index in [9.17, 15) is 5.11 Å². The van der Waals surface area contributed by atoms with Crippen LogP contribution in [0.3, 0.4) is 0 Å². The van der Waals surface area contributed by atoms with Gasteiger partial charge in [0.15, 0.2) is 17.9 Å². The van der Waals surface area contributed by atoms with Gasteiger partial charge in [0.05, 0.1) is 5.69 Å². The first-order valence-corrected chi connectivity index (χ1v) is 8.14. The summed E-state index contributed by atoms with van der Waals surface area (Å²) in [7, 11) is 2.02. The maximum absolute atomic E-state index is 9.50. The van der Waals surface area contributed by atoms with Gasteiger partial charge in [-0.05, 0) is 19.3 Å². The highest BCUT2D eigenvalue weighted by molar-refractivity contribution is 6.33. The van der Waals surface area contributed by atoms with Crippen molar-refractivity contribution in [3.05, 3.63) is 17.0 Å². The zero-order valence-electron chi connectivity index (χ0n) is 13.0. The van der Waals surface area contributed by atoms with Gasteiger partial charge in [0.1, 0.15) is 18.0 Å². The summed E-state index contributed by atoms with van der Waals surface area (Å²) >= 11 is 6.41. The molecular weight excluding hydrogens is 306 g/mol. The monoisotopic (exact) mass is 327 g/mol. The molecule has 1 spiro atoms. The van der Waals surface area contributed by atoms with E-state index in [-0.39, 0.29) is 6.61 Å². The van der Waals surface area contributed by atoms with Gasteiger partial charge in [-0.2, -0.15) is 0 Å². The fourth-order valence-electron chi connectivity index (χ4n) is 3.29. The predicted molar refractivity (Wildman–Crippen MR) is 82.9 cm³/mol. The molecule has 1 aromatic rings. The molecule has 1 saturated heterocycles. The second-order valence-electron chi connectivity index (χ2n) is 5.95. The number of nitrogens with zero attached hydrogens (tertiary/aromatic N) is 3.